The van der Waals surface area contributed by atoms with Crippen molar-refractivity contribution in [3.63, 3.8) is 0 Å². The minimum Gasteiger partial charge on any atom is -0.463 e. The van der Waals surface area contributed by atoms with Crippen molar-refractivity contribution < 1.29 is 4.74 Å². The van der Waals surface area contributed by atoms with Crippen LogP contribution in [0.4, 0.5) is 0 Å². The van der Waals surface area contributed by atoms with E-state index in [0.717, 1.165) is 25.4 Å². The molecule has 0 spiro atoms. The van der Waals surface area contributed by atoms with Gasteiger partial charge in [0.05, 0.1) is 6.61 Å². The molecule has 0 saturated carbocycles. The van der Waals surface area contributed by atoms with E-state index >= 15 is 0 Å². The van der Waals surface area contributed by atoms with Gasteiger partial charge in [0.1, 0.15) is 0 Å². The fourth-order valence-corrected chi connectivity index (χ4v) is 1.75. The van der Waals surface area contributed by atoms with Gasteiger partial charge in [-0.2, -0.15) is 0 Å². The SMILES string of the molecule is Cc1ccnc(OC[C@H]2CCCNC2)n1. The fraction of sp³-hybridized carbons (Fsp3) is 0.636. The van der Waals surface area contributed by atoms with E-state index in [1.54, 1.807) is 6.20 Å². The zero-order valence-electron chi connectivity index (χ0n) is 9.07. The van der Waals surface area contributed by atoms with Gasteiger partial charge in [-0.25, -0.2) is 9.97 Å². The summed E-state index contributed by atoms with van der Waals surface area (Å²) in [5, 5.41) is 3.36. The normalized spacial score (nSPS) is 21.3. The monoisotopic (exact) mass is 207 g/mol. The molecular weight excluding hydrogens is 190 g/mol. The molecule has 4 nitrogen and oxygen atoms in total. The van der Waals surface area contributed by atoms with Crippen LogP contribution < -0.4 is 10.1 Å². The van der Waals surface area contributed by atoms with Crippen LogP contribution in [0.25, 0.3) is 0 Å². The molecule has 2 rings (SSSR count). The third kappa shape index (κ3) is 3.16. The lowest BCUT2D eigenvalue weighted by Gasteiger charge is -2.22. The van der Waals surface area contributed by atoms with Crippen molar-refractivity contribution in [1.29, 1.82) is 0 Å². The van der Waals surface area contributed by atoms with Crippen LogP contribution in [0.15, 0.2) is 12.3 Å². The first kappa shape index (κ1) is 10.4. The van der Waals surface area contributed by atoms with Crippen LogP contribution in [0.5, 0.6) is 6.01 Å². The van der Waals surface area contributed by atoms with E-state index in [1.807, 2.05) is 13.0 Å². The van der Waals surface area contributed by atoms with Crippen molar-refractivity contribution in [2.45, 2.75) is 19.8 Å². The Labute approximate surface area is 90.1 Å². The van der Waals surface area contributed by atoms with Crippen LogP contribution in [-0.2, 0) is 0 Å². The van der Waals surface area contributed by atoms with E-state index in [2.05, 4.69) is 15.3 Å². The molecule has 82 valence electrons. The van der Waals surface area contributed by atoms with Gasteiger partial charge in [-0.1, -0.05) is 0 Å². The first-order chi connectivity index (χ1) is 7.34. The van der Waals surface area contributed by atoms with Crippen molar-refractivity contribution >= 4 is 0 Å². The summed E-state index contributed by atoms with van der Waals surface area (Å²) < 4.78 is 5.56. The summed E-state index contributed by atoms with van der Waals surface area (Å²) in [6.45, 7) is 4.84. The predicted octanol–water partition coefficient (Wildman–Crippen LogP) is 1.16. The maximum Gasteiger partial charge on any atom is 0.316 e. The molecule has 1 aliphatic rings. The predicted molar refractivity (Wildman–Crippen MR) is 57.9 cm³/mol. The summed E-state index contributed by atoms with van der Waals surface area (Å²) in [7, 11) is 0. The Bertz CT molecular complexity index is 310. The Hall–Kier alpha value is -1.16. The number of hydrogen-bond donors (Lipinski definition) is 1. The highest BCUT2D eigenvalue weighted by Crippen LogP contribution is 2.11. The third-order valence-corrected chi connectivity index (χ3v) is 2.62. The average Bonchev–Trinajstić information content (AvgIpc) is 2.28. The molecule has 1 atom stereocenters. The van der Waals surface area contributed by atoms with Crippen LogP contribution in [0.2, 0.25) is 0 Å². The van der Waals surface area contributed by atoms with Crippen molar-refractivity contribution in [3.05, 3.63) is 18.0 Å². The molecule has 1 N–H and O–H groups in total. The van der Waals surface area contributed by atoms with Crippen LogP contribution in [0.1, 0.15) is 18.5 Å². The minimum absolute atomic E-state index is 0.501. The van der Waals surface area contributed by atoms with Crippen molar-refractivity contribution in [2.75, 3.05) is 19.7 Å². The minimum atomic E-state index is 0.501. The number of nitrogens with one attached hydrogen (secondary N) is 1. The van der Waals surface area contributed by atoms with Crippen molar-refractivity contribution in [2.24, 2.45) is 5.92 Å². The van der Waals surface area contributed by atoms with Crippen LogP contribution in [-0.4, -0.2) is 29.7 Å². The van der Waals surface area contributed by atoms with E-state index in [9.17, 15) is 0 Å². The lowest BCUT2D eigenvalue weighted by Crippen LogP contribution is -2.33. The second kappa shape index (κ2) is 5.07. The largest absolute Gasteiger partial charge is 0.463 e. The molecule has 0 unspecified atom stereocenters. The van der Waals surface area contributed by atoms with Gasteiger partial charge in [-0.3, -0.25) is 0 Å². The van der Waals surface area contributed by atoms with Gasteiger partial charge in [0.25, 0.3) is 0 Å². The first-order valence-corrected chi connectivity index (χ1v) is 5.48. The number of piperidine rings is 1. The van der Waals surface area contributed by atoms with E-state index in [-0.39, 0.29) is 0 Å². The van der Waals surface area contributed by atoms with Crippen LogP contribution in [0, 0.1) is 12.8 Å². The summed E-state index contributed by atoms with van der Waals surface area (Å²) in [5.74, 6) is 0.600. The van der Waals surface area contributed by atoms with E-state index in [4.69, 9.17) is 4.74 Å². The highest BCUT2D eigenvalue weighted by molar-refractivity contribution is 5.02. The number of nitrogens with zero attached hydrogens (tertiary/aromatic N) is 2. The Morgan fingerprint density at radius 1 is 1.60 bits per heavy atom. The van der Waals surface area contributed by atoms with Crippen LogP contribution >= 0.6 is 0 Å². The number of rotatable bonds is 3. The zero-order chi connectivity index (χ0) is 10.5. The molecule has 1 aliphatic heterocycles. The summed E-state index contributed by atoms with van der Waals surface area (Å²) in [6.07, 6.45) is 4.21. The van der Waals surface area contributed by atoms with Gasteiger partial charge in [-0.05, 0) is 32.4 Å². The number of aryl methyl sites for hydroxylation is 1. The summed E-state index contributed by atoms with van der Waals surface area (Å²) in [5.41, 5.74) is 0.946. The standard InChI is InChI=1S/C11H17N3O/c1-9-4-6-13-11(14-9)15-8-10-3-2-5-12-7-10/h4,6,10,12H,2-3,5,7-8H2,1H3/t10-/m0/s1. The molecule has 0 radical (unpaired) electrons. The molecule has 1 aromatic heterocycles. The highest BCUT2D eigenvalue weighted by atomic mass is 16.5. The van der Waals surface area contributed by atoms with Gasteiger partial charge < -0.3 is 10.1 Å². The smallest absolute Gasteiger partial charge is 0.316 e. The summed E-state index contributed by atoms with van der Waals surface area (Å²) in [6, 6.07) is 2.37. The average molecular weight is 207 g/mol. The Balaban J connectivity index is 1.81. The number of hydrogen-bond acceptors (Lipinski definition) is 4. The van der Waals surface area contributed by atoms with Crippen molar-refractivity contribution in [1.82, 2.24) is 15.3 Å². The number of ether oxygens (including phenoxy) is 1. The molecule has 15 heavy (non-hydrogen) atoms. The molecule has 0 aromatic carbocycles. The Morgan fingerprint density at radius 3 is 3.27 bits per heavy atom. The maximum absolute atomic E-state index is 5.56. The second-order valence-electron chi connectivity index (χ2n) is 4.00. The van der Waals surface area contributed by atoms with E-state index < -0.39 is 0 Å². The molecule has 4 heteroatoms. The topological polar surface area (TPSA) is 47.0 Å². The first-order valence-electron chi connectivity index (χ1n) is 5.48. The Morgan fingerprint density at radius 2 is 2.53 bits per heavy atom. The van der Waals surface area contributed by atoms with Gasteiger partial charge in [0.15, 0.2) is 0 Å². The molecule has 0 bridgehead atoms. The molecule has 1 aromatic rings. The van der Waals surface area contributed by atoms with Gasteiger partial charge in [0, 0.05) is 24.4 Å². The van der Waals surface area contributed by atoms with Gasteiger partial charge >= 0.3 is 6.01 Å². The third-order valence-electron chi connectivity index (χ3n) is 2.62. The quantitative estimate of drug-likeness (QED) is 0.808. The number of aromatic nitrogens is 2. The molecule has 2 heterocycles. The summed E-state index contributed by atoms with van der Waals surface area (Å²) >= 11 is 0. The molecule has 1 saturated heterocycles. The lowest BCUT2D eigenvalue weighted by atomic mass is 10.0. The highest BCUT2D eigenvalue weighted by Gasteiger charge is 2.13. The molecule has 0 aliphatic carbocycles. The summed E-state index contributed by atoms with van der Waals surface area (Å²) in [4.78, 5) is 8.27. The zero-order valence-corrected chi connectivity index (χ0v) is 9.07. The fourth-order valence-electron chi connectivity index (χ4n) is 1.75. The molecular formula is C11H17N3O. The van der Waals surface area contributed by atoms with Gasteiger partial charge in [-0.15, -0.1) is 0 Å². The molecule has 1 fully saturated rings. The van der Waals surface area contributed by atoms with E-state index in [1.165, 1.54) is 12.8 Å². The van der Waals surface area contributed by atoms with Crippen LogP contribution in [0.3, 0.4) is 0 Å². The maximum atomic E-state index is 5.56. The lowest BCUT2D eigenvalue weighted by molar-refractivity contribution is 0.205. The van der Waals surface area contributed by atoms with E-state index in [0.29, 0.717) is 11.9 Å². The Kier molecular flexibility index (Phi) is 3.50. The van der Waals surface area contributed by atoms with Gasteiger partial charge in [0.2, 0.25) is 0 Å². The second-order valence-corrected chi connectivity index (χ2v) is 4.00. The van der Waals surface area contributed by atoms with Crippen molar-refractivity contribution in [3.8, 4) is 6.01 Å². The molecule has 0 amide bonds.